The molecule has 0 saturated heterocycles. The molecule has 0 aliphatic heterocycles. The van der Waals surface area contributed by atoms with E-state index in [1.807, 2.05) is 6.92 Å². The predicted molar refractivity (Wildman–Crippen MR) is 74.2 cm³/mol. The van der Waals surface area contributed by atoms with E-state index in [0.717, 1.165) is 17.7 Å². The minimum atomic E-state index is -3.57. The Hall–Kier alpha value is -1.70. The first-order chi connectivity index (χ1) is 9.55. The fraction of sp³-hybridized carbons (Fsp3) is 0.308. The number of nitrogens with two attached hydrogens (primary N) is 1. The SMILES string of the molecule is CCc1cnc(CNS(=O)(=O)c2ccc(CN)cc2)o1. The number of nitrogens with zero attached hydrogens (tertiary/aromatic N) is 1. The first-order valence-electron chi connectivity index (χ1n) is 6.27. The van der Waals surface area contributed by atoms with E-state index in [1.54, 1.807) is 18.3 Å². The van der Waals surface area contributed by atoms with Gasteiger partial charge in [-0.1, -0.05) is 19.1 Å². The zero-order valence-electron chi connectivity index (χ0n) is 11.2. The number of aromatic nitrogens is 1. The van der Waals surface area contributed by atoms with Crippen LogP contribution < -0.4 is 10.5 Å². The summed E-state index contributed by atoms with van der Waals surface area (Å²) in [4.78, 5) is 4.19. The van der Waals surface area contributed by atoms with E-state index >= 15 is 0 Å². The van der Waals surface area contributed by atoms with Gasteiger partial charge in [0.25, 0.3) is 0 Å². The summed E-state index contributed by atoms with van der Waals surface area (Å²) in [6.45, 7) is 2.35. The van der Waals surface area contributed by atoms with Gasteiger partial charge in [0.15, 0.2) is 0 Å². The van der Waals surface area contributed by atoms with E-state index in [1.165, 1.54) is 12.1 Å². The molecule has 6 nitrogen and oxygen atoms in total. The molecule has 1 aromatic heterocycles. The lowest BCUT2D eigenvalue weighted by atomic mass is 10.2. The van der Waals surface area contributed by atoms with Crippen LogP contribution in [0.4, 0.5) is 0 Å². The van der Waals surface area contributed by atoms with Gasteiger partial charge >= 0.3 is 0 Å². The lowest BCUT2D eigenvalue weighted by Gasteiger charge is -2.05. The van der Waals surface area contributed by atoms with Crippen molar-refractivity contribution in [2.75, 3.05) is 0 Å². The Balaban J connectivity index is 2.06. The van der Waals surface area contributed by atoms with Crippen molar-refractivity contribution < 1.29 is 12.8 Å². The van der Waals surface area contributed by atoms with E-state index in [0.29, 0.717) is 12.4 Å². The maximum Gasteiger partial charge on any atom is 0.241 e. The van der Waals surface area contributed by atoms with Crippen LogP contribution in [0.3, 0.4) is 0 Å². The molecule has 0 unspecified atom stereocenters. The number of rotatable bonds is 6. The second-order valence-corrected chi connectivity index (χ2v) is 6.01. The molecule has 0 fully saturated rings. The van der Waals surface area contributed by atoms with Crippen molar-refractivity contribution in [3.05, 3.63) is 47.7 Å². The lowest BCUT2D eigenvalue weighted by molar-refractivity contribution is 0.452. The predicted octanol–water partition coefficient (Wildman–Crippen LogP) is 1.17. The lowest BCUT2D eigenvalue weighted by Crippen LogP contribution is -2.23. The summed E-state index contributed by atoms with van der Waals surface area (Å²) < 4.78 is 31.9. The minimum Gasteiger partial charge on any atom is -0.444 e. The summed E-state index contributed by atoms with van der Waals surface area (Å²) in [5, 5.41) is 0. The van der Waals surface area contributed by atoms with Crippen LogP contribution in [0, 0.1) is 0 Å². The molecular formula is C13H17N3O3S. The highest BCUT2D eigenvalue weighted by atomic mass is 32.2. The Morgan fingerprint density at radius 2 is 2.00 bits per heavy atom. The van der Waals surface area contributed by atoms with Gasteiger partial charge in [0.05, 0.1) is 17.6 Å². The number of nitrogens with one attached hydrogen (secondary N) is 1. The van der Waals surface area contributed by atoms with Crippen LogP contribution >= 0.6 is 0 Å². The second-order valence-electron chi connectivity index (χ2n) is 4.25. The number of benzene rings is 1. The van der Waals surface area contributed by atoms with Gasteiger partial charge < -0.3 is 10.2 Å². The molecular weight excluding hydrogens is 278 g/mol. The topological polar surface area (TPSA) is 98.2 Å². The molecule has 0 spiro atoms. The van der Waals surface area contributed by atoms with Gasteiger partial charge in [-0.05, 0) is 17.7 Å². The van der Waals surface area contributed by atoms with E-state index < -0.39 is 10.0 Å². The number of aryl methyl sites for hydroxylation is 1. The molecule has 7 heteroatoms. The van der Waals surface area contributed by atoms with Gasteiger partial charge in [0.1, 0.15) is 5.76 Å². The number of oxazole rings is 1. The summed E-state index contributed by atoms with van der Waals surface area (Å²) in [6, 6.07) is 6.43. The first-order valence-corrected chi connectivity index (χ1v) is 7.75. The Morgan fingerprint density at radius 1 is 1.30 bits per heavy atom. The monoisotopic (exact) mass is 295 g/mol. The standard InChI is InChI=1S/C13H17N3O3S/c1-2-11-8-15-13(19-11)9-16-20(17,18)12-5-3-10(7-14)4-6-12/h3-6,8,16H,2,7,9,14H2,1H3. The molecule has 3 N–H and O–H groups in total. The molecule has 1 aromatic carbocycles. The van der Waals surface area contributed by atoms with E-state index in [-0.39, 0.29) is 11.4 Å². The fourth-order valence-electron chi connectivity index (χ4n) is 1.64. The van der Waals surface area contributed by atoms with Gasteiger partial charge in [-0.3, -0.25) is 0 Å². The Kier molecular flexibility index (Phi) is 4.53. The Bertz CT molecular complexity index is 662. The second kappa shape index (κ2) is 6.17. The van der Waals surface area contributed by atoms with Crippen LogP contribution in [0.2, 0.25) is 0 Å². The van der Waals surface area contributed by atoms with E-state index in [2.05, 4.69) is 9.71 Å². The summed E-state index contributed by atoms with van der Waals surface area (Å²) >= 11 is 0. The molecule has 20 heavy (non-hydrogen) atoms. The van der Waals surface area contributed by atoms with Crippen molar-refractivity contribution in [1.29, 1.82) is 0 Å². The zero-order chi connectivity index (χ0) is 14.6. The molecule has 0 saturated carbocycles. The van der Waals surface area contributed by atoms with Gasteiger partial charge in [0.2, 0.25) is 15.9 Å². The van der Waals surface area contributed by atoms with Gasteiger partial charge in [-0.25, -0.2) is 18.1 Å². The Morgan fingerprint density at radius 3 is 2.55 bits per heavy atom. The van der Waals surface area contributed by atoms with E-state index in [4.69, 9.17) is 10.2 Å². The van der Waals surface area contributed by atoms with Crippen LogP contribution in [0.25, 0.3) is 0 Å². The molecule has 2 aromatic rings. The molecule has 0 amide bonds. The van der Waals surface area contributed by atoms with Crippen LogP contribution in [0.1, 0.15) is 24.1 Å². The minimum absolute atomic E-state index is 0.0287. The summed E-state index contributed by atoms with van der Waals surface area (Å²) in [5.41, 5.74) is 6.35. The molecule has 0 radical (unpaired) electrons. The van der Waals surface area contributed by atoms with Crippen molar-refractivity contribution in [3.63, 3.8) is 0 Å². The highest BCUT2D eigenvalue weighted by Crippen LogP contribution is 2.11. The summed E-state index contributed by atoms with van der Waals surface area (Å²) in [5.74, 6) is 1.08. The average molecular weight is 295 g/mol. The zero-order valence-corrected chi connectivity index (χ0v) is 12.0. The normalized spacial score (nSPS) is 11.7. The summed E-state index contributed by atoms with van der Waals surface area (Å²) in [6.07, 6.45) is 2.32. The van der Waals surface area contributed by atoms with Crippen molar-refractivity contribution in [2.45, 2.75) is 31.3 Å². The fourth-order valence-corrected chi connectivity index (χ4v) is 2.61. The van der Waals surface area contributed by atoms with Crippen molar-refractivity contribution in [3.8, 4) is 0 Å². The highest BCUT2D eigenvalue weighted by molar-refractivity contribution is 7.89. The van der Waals surface area contributed by atoms with Crippen LogP contribution in [-0.4, -0.2) is 13.4 Å². The molecule has 1 heterocycles. The van der Waals surface area contributed by atoms with Crippen LogP contribution in [-0.2, 0) is 29.5 Å². The first kappa shape index (κ1) is 14.7. The highest BCUT2D eigenvalue weighted by Gasteiger charge is 2.14. The summed E-state index contributed by atoms with van der Waals surface area (Å²) in [7, 11) is -3.57. The van der Waals surface area contributed by atoms with Crippen molar-refractivity contribution >= 4 is 10.0 Å². The number of hydrogen-bond donors (Lipinski definition) is 2. The van der Waals surface area contributed by atoms with Gasteiger partial charge in [-0.15, -0.1) is 0 Å². The van der Waals surface area contributed by atoms with Gasteiger partial charge in [0, 0.05) is 13.0 Å². The number of sulfonamides is 1. The smallest absolute Gasteiger partial charge is 0.241 e. The van der Waals surface area contributed by atoms with Gasteiger partial charge in [-0.2, -0.15) is 0 Å². The van der Waals surface area contributed by atoms with Crippen molar-refractivity contribution in [2.24, 2.45) is 5.73 Å². The largest absolute Gasteiger partial charge is 0.444 e. The van der Waals surface area contributed by atoms with Crippen molar-refractivity contribution in [1.82, 2.24) is 9.71 Å². The third-order valence-corrected chi connectivity index (χ3v) is 4.25. The third-order valence-electron chi connectivity index (χ3n) is 2.83. The van der Waals surface area contributed by atoms with Crippen LogP contribution in [0.15, 0.2) is 39.8 Å². The van der Waals surface area contributed by atoms with E-state index in [9.17, 15) is 8.42 Å². The molecule has 0 aliphatic carbocycles. The third kappa shape index (κ3) is 3.44. The molecule has 0 bridgehead atoms. The van der Waals surface area contributed by atoms with Crippen LogP contribution in [0.5, 0.6) is 0 Å². The maximum atomic E-state index is 12.1. The number of hydrogen-bond acceptors (Lipinski definition) is 5. The Labute approximate surface area is 118 Å². The molecule has 108 valence electrons. The molecule has 0 atom stereocenters. The quantitative estimate of drug-likeness (QED) is 0.833. The average Bonchev–Trinajstić information content (AvgIpc) is 2.93. The molecule has 2 rings (SSSR count). The maximum absolute atomic E-state index is 12.1. The molecule has 0 aliphatic rings.